The number of unbranched alkanes of at least 4 members (excludes halogenated alkanes) is 1. The molecule has 32 heavy (non-hydrogen) atoms. The number of hydrogen-bond acceptors (Lipinski definition) is 4. The molecule has 3 aromatic carbocycles. The highest BCUT2D eigenvalue weighted by Gasteiger charge is 2.11. The van der Waals surface area contributed by atoms with Crippen molar-refractivity contribution in [2.45, 2.75) is 24.7 Å². The minimum Gasteiger partial charge on any atom is -0.494 e. The second-order valence-electron chi connectivity index (χ2n) is 7.03. The summed E-state index contributed by atoms with van der Waals surface area (Å²) in [4.78, 5) is 25.4. The van der Waals surface area contributed by atoms with Crippen molar-refractivity contribution >= 4 is 35.0 Å². The van der Waals surface area contributed by atoms with Crippen LogP contribution < -0.4 is 15.4 Å². The van der Waals surface area contributed by atoms with Gasteiger partial charge >= 0.3 is 0 Å². The van der Waals surface area contributed by atoms with Gasteiger partial charge in [-0.25, -0.2) is 4.39 Å². The van der Waals surface area contributed by atoms with Crippen molar-refractivity contribution in [3.63, 3.8) is 0 Å². The lowest BCUT2D eigenvalue weighted by Crippen LogP contribution is -2.14. The maximum absolute atomic E-state index is 13.8. The molecular formula is C25H25FN2O3S. The fraction of sp³-hybridized carbons (Fsp3) is 0.200. The number of thioether (sulfide) groups is 1. The van der Waals surface area contributed by atoms with Crippen LogP contribution in [0.15, 0.2) is 77.7 Å². The van der Waals surface area contributed by atoms with E-state index in [1.165, 1.54) is 30.0 Å². The summed E-state index contributed by atoms with van der Waals surface area (Å²) < 4.78 is 19.4. The van der Waals surface area contributed by atoms with E-state index in [0.717, 1.165) is 23.5 Å². The van der Waals surface area contributed by atoms with Crippen LogP contribution in [-0.2, 0) is 4.79 Å². The quantitative estimate of drug-likeness (QED) is 0.293. The van der Waals surface area contributed by atoms with Gasteiger partial charge in [0.1, 0.15) is 11.6 Å². The zero-order chi connectivity index (χ0) is 22.8. The monoisotopic (exact) mass is 452 g/mol. The van der Waals surface area contributed by atoms with Crippen LogP contribution in [0.25, 0.3) is 0 Å². The minimum absolute atomic E-state index is 0.0216. The molecule has 0 aliphatic heterocycles. The Kier molecular flexibility index (Phi) is 8.69. The second kappa shape index (κ2) is 11.9. The van der Waals surface area contributed by atoms with Crippen LogP contribution in [-0.4, -0.2) is 24.2 Å². The van der Waals surface area contributed by atoms with Gasteiger partial charge in [0, 0.05) is 16.3 Å². The Morgan fingerprint density at radius 3 is 2.47 bits per heavy atom. The molecular weight excluding hydrogens is 427 g/mol. The van der Waals surface area contributed by atoms with Crippen LogP contribution in [0.4, 0.5) is 15.8 Å². The van der Waals surface area contributed by atoms with Crippen LogP contribution >= 0.6 is 11.8 Å². The summed E-state index contributed by atoms with van der Waals surface area (Å²) in [7, 11) is 0. The summed E-state index contributed by atoms with van der Waals surface area (Å²) in [6.45, 7) is 2.79. The number of rotatable bonds is 10. The highest BCUT2D eigenvalue weighted by Crippen LogP contribution is 2.23. The number of carbonyl (C=O) groups excluding carboxylic acids is 2. The number of amides is 2. The predicted molar refractivity (Wildman–Crippen MR) is 127 cm³/mol. The molecule has 0 fully saturated rings. The highest BCUT2D eigenvalue weighted by atomic mass is 32.2. The van der Waals surface area contributed by atoms with E-state index in [1.807, 2.05) is 30.3 Å². The summed E-state index contributed by atoms with van der Waals surface area (Å²) in [6, 6.07) is 20.2. The first-order chi connectivity index (χ1) is 15.5. The van der Waals surface area contributed by atoms with Crippen LogP contribution in [0.3, 0.4) is 0 Å². The Morgan fingerprint density at radius 2 is 1.72 bits per heavy atom. The molecule has 3 aromatic rings. The summed E-state index contributed by atoms with van der Waals surface area (Å²) in [5, 5.41) is 5.54. The van der Waals surface area contributed by atoms with Crippen LogP contribution in [0, 0.1) is 5.82 Å². The minimum atomic E-state index is -0.576. The maximum atomic E-state index is 13.8. The third-order valence-electron chi connectivity index (χ3n) is 4.49. The first kappa shape index (κ1) is 23.3. The van der Waals surface area contributed by atoms with Gasteiger partial charge in [-0.2, -0.15) is 0 Å². The van der Waals surface area contributed by atoms with Gasteiger partial charge in [-0.05, 0) is 61.0 Å². The van der Waals surface area contributed by atoms with Crippen molar-refractivity contribution in [1.82, 2.24) is 0 Å². The zero-order valence-corrected chi connectivity index (χ0v) is 18.6. The van der Waals surface area contributed by atoms with E-state index in [1.54, 1.807) is 24.3 Å². The Morgan fingerprint density at radius 1 is 0.938 bits per heavy atom. The van der Waals surface area contributed by atoms with E-state index < -0.39 is 11.7 Å². The number of hydrogen-bond donors (Lipinski definition) is 2. The van der Waals surface area contributed by atoms with E-state index >= 15 is 0 Å². The van der Waals surface area contributed by atoms with Crippen LogP contribution in [0.1, 0.15) is 30.1 Å². The predicted octanol–water partition coefficient (Wildman–Crippen LogP) is 5.99. The number of benzene rings is 3. The number of halogens is 1. The van der Waals surface area contributed by atoms with Gasteiger partial charge in [0.2, 0.25) is 5.91 Å². The van der Waals surface area contributed by atoms with Crippen molar-refractivity contribution in [3.8, 4) is 5.75 Å². The highest BCUT2D eigenvalue weighted by molar-refractivity contribution is 8.00. The van der Waals surface area contributed by atoms with Crippen molar-refractivity contribution in [1.29, 1.82) is 0 Å². The SMILES string of the molecule is CCCCOc1ccc(NC(=O)CSc2cccc(NC(=O)c3ccccc3F)c2)cc1. The van der Waals surface area contributed by atoms with Crippen molar-refractivity contribution in [3.05, 3.63) is 84.2 Å². The normalized spacial score (nSPS) is 10.4. The molecule has 2 amide bonds. The molecule has 0 saturated heterocycles. The standard InChI is InChI=1S/C25H25FN2O3S/c1-2-3-15-31-20-13-11-18(12-14-20)27-24(29)17-32-21-8-6-7-19(16-21)28-25(30)22-9-4-5-10-23(22)26/h4-14,16H,2-3,15,17H2,1H3,(H,27,29)(H,28,30). The summed E-state index contributed by atoms with van der Waals surface area (Å²) in [5.74, 6) is -0.257. The number of nitrogens with one attached hydrogen (secondary N) is 2. The zero-order valence-electron chi connectivity index (χ0n) is 17.8. The van der Waals surface area contributed by atoms with Gasteiger partial charge in [-0.3, -0.25) is 9.59 Å². The van der Waals surface area contributed by atoms with Gasteiger partial charge in [-0.15, -0.1) is 11.8 Å². The second-order valence-corrected chi connectivity index (χ2v) is 8.07. The Hall–Kier alpha value is -3.32. The van der Waals surface area contributed by atoms with Crippen molar-refractivity contribution < 1.29 is 18.7 Å². The topological polar surface area (TPSA) is 67.4 Å². The van der Waals surface area contributed by atoms with Gasteiger partial charge in [-0.1, -0.05) is 31.5 Å². The molecule has 0 aromatic heterocycles. The molecule has 0 saturated carbocycles. The van der Waals surface area contributed by atoms with Crippen LogP contribution in [0.5, 0.6) is 5.75 Å². The maximum Gasteiger partial charge on any atom is 0.258 e. The van der Waals surface area contributed by atoms with Crippen LogP contribution in [0.2, 0.25) is 0 Å². The molecule has 0 aliphatic carbocycles. The van der Waals surface area contributed by atoms with Crippen molar-refractivity contribution in [2.75, 3.05) is 23.0 Å². The lowest BCUT2D eigenvalue weighted by molar-refractivity contribution is -0.113. The van der Waals surface area contributed by atoms with E-state index in [0.29, 0.717) is 18.0 Å². The lowest BCUT2D eigenvalue weighted by atomic mass is 10.2. The third kappa shape index (κ3) is 7.13. The largest absolute Gasteiger partial charge is 0.494 e. The molecule has 166 valence electrons. The smallest absolute Gasteiger partial charge is 0.258 e. The van der Waals surface area contributed by atoms with E-state index in [4.69, 9.17) is 4.74 Å². The molecule has 0 radical (unpaired) electrons. The van der Waals surface area contributed by atoms with Gasteiger partial charge in [0.25, 0.3) is 5.91 Å². The average Bonchev–Trinajstić information content (AvgIpc) is 2.79. The molecule has 2 N–H and O–H groups in total. The molecule has 0 bridgehead atoms. The molecule has 0 spiro atoms. The van der Waals surface area contributed by atoms with Gasteiger partial charge < -0.3 is 15.4 Å². The van der Waals surface area contributed by atoms with Gasteiger partial charge in [0.05, 0.1) is 17.9 Å². The number of anilines is 2. The summed E-state index contributed by atoms with van der Waals surface area (Å²) in [5.41, 5.74) is 1.21. The summed E-state index contributed by atoms with van der Waals surface area (Å²) >= 11 is 1.34. The van der Waals surface area contributed by atoms with E-state index in [2.05, 4.69) is 17.6 Å². The Bertz CT molecular complexity index is 1060. The molecule has 0 heterocycles. The molecule has 3 rings (SSSR count). The lowest BCUT2D eigenvalue weighted by Gasteiger charge is -2.09. The molecule has 5 nitrogen and oxygen atoms in total. The molecule has 0 atom stereocenters. The average molecular weight is 453 g/mol. The number of carbonyl (C=O) groups is 2. The molecule has 0 aliphatic rings. The summed E-state index contributed by atoms with van der Waals surface area (Å²) in [6.07, 6.45) is 2.08. The van der Waals surface area contributed by atoms with E-state index in [-0.39, 0.29) is 17.2 Å². The Balaban J connectivity index is 1.50. The fourth-order valence-corrected chi connectivity index (χ4v) is 3.58. The van der Waals surface area contributed by atoms with E-state index in [9.17, 15) is 14.0 Å². The van der Waals surface area contributed by atoms with Crippen molar-refractivity contribution in [2.24, 2.45) is 0 Å². The Labute approximate surface area is 191 Å². The first-order valence-electron chi connectivity index (χ1n) is 10.4. The third-order valence-corrected chi connectivity index (χ3v) is 5.48. The fourth-order valence-electron chi connectivity index (χ4n) is 2.82. The van der Waals surface area contributed by atoms with Gasteiger partial charge in [0.15, 0.2) is 0 Å². The first-order valence-corrected chi connectivity index (χ1v) is 11.3. The number of ether oxygens (including phenoxy) is 1. The molecule has 7 heteroatoms. The molecule has 0 unspecified atom stereocenters.